The molecule has 3 aromatic rings. The molecule has 2 aromatic carbocycles. The van der Waals surface area contributed by atoms with Gasteiger partial charge >= 0.3 is 5.56 Å². The maximum atomic E-state index is 12.9. The van der Waals surface area contributed by atoms with E-state index in [1.165, 1.54) is 17.9 Å². The van der Waals surface area contributed by atoms with E-state index in [0.717, 1.165) is 10.0 Å². The van der Waals surface area contributed by atoms with E-state index in [4.69, 9.17) is 4.74 Å². The number of aryl methyl sites for hydroxylation is 1. The van der Waals surface area contributed by atoms with Crippen molar-refractivity contribution in [1.29, 1.82) is 0 Å². The number of aromatic nitrogens is 2. The van der Waals surface area contributed by atoms with Crippen molar-refractivity contribution >= 4 is 21.6 Å². The highest BCUT2D eigenvalue weighted by molar-refractivity contribution is 9.10. The van der Waals surface area contributed by atoms with Crippen LogP contribution in [-0.4, -0.2) is 16.8 Å². The molecule has 0 unspecified atom stereocenters. The predicted molar refractivity (Wildman–Crippen MR) is 101 cm³/mol. The first-order valence-corrected chi connectivity index (χ1v) is 8.50. The third kappa shape index (κ3) is 3.93. The van der Waals surface area contributed by atoms with Gasteiger partial charge in [0, 0.05) is 4.47 Å². The average Bonchev–Trinajstić information content (AvgIpc) is 2.65. The Morgan fingerprint density at radius 3 is 2.46 bits per heavy atom. The Morgan fingerprint density at radius 1 is 1.12 bits per heavy atom. The van der Waals surface area contributed by atoms with Gasteiger partial charge in [-0.2, -0.15) is 9.78 Å². The maximum absolute atomic E-state index is 12.9. The number of benzene rings is 2. The van der Waals surface area contributed by atoms with Crippen LogP contribution in [0, 0.1) is 6.92 Å². The summed E-state index contributed by atoms with van der Waals surface area (Å²) in [4.78, 5) is 16.5. The fourth-order valence-corrected chi connectivity index (χ4v) is 2.44. The molecule has 0 radical (unpaired) electrons. The van der Waals surface area contributed by atoms with E-state index in [0.29, 0.717) is 11.4 Å². The zero-order chi connectivity index (χ0) is 18.5. The number of ether oxygens (including phenoxy) is 1. The molecular formula is C18H15BrN5O2+. The molecule has 1 heterocycles. The van der Waals surface area contributed by atoms with Crippen LogP contribution in [0.2, 0.25) is 0 Å². The molecule has 8 heteroatoms. The largest absolute Gasteiger partial charge is 0.449 e. The summed E-state index contributed by atoms with van der Waals surface area (Å²) in [5, 5.41) is 11.6. The first-order valence-electron chi connectivity index (χ1n) is 7.71. The summed E-state index contributed by atoms with van der Waals surface area (Å²) in [6.45, 7) is 1.97. The fraction of sp³-hybridized carbons (Fsp3) is 0.111. The van der Waals surface area contributed by atoms with Crippen LogP contribution in [0.25, 0.3) is 5.69 Å². The molecule has 0 N–H and O–H groups in total. The number of halogens is 1. The maximum Gasteiger partial charge on any atom is 0.317 e. The first kappa shape index (κ1) is 17.7. The quantitative estimate of drug-likeness (QED) is 0.472. The lowest BCUT2D eigenvalue weighted by atomic mass is 10.2. The molecule has 0 atom stereocenters. The fourth-order valence-electron chi connectivity index (χ4n) is 2.18. The van der Waals surface area contributed by atoms with Gasteiger partial charge in [0.2, 0.25) is 16.3 Å². The second kappa shape index (κ2) is 7.86. The van der Waals surface area contributed by atoms with E-state index in [9.17, 15) is 4.79 Å². The monoisotopic (exact) mass is 412 g/mol. The molecule has 0 saturated carbocycles. The van der Waals surface area contributed by atoms with Crippen molar-refractivity contribution < 1.29 is 4.74 Å². The third-order valence-electron chi connectivity index (χ3n) is 3.47. The Kier molecular flexibility index (Phi) is 5.36. The SMILES string of the molecule is CN=[N+]=Nc1cnn(-c2ccc(C)cc2)c(=O)c1Oc1ccc(Br)cc1. The van der Waals surface area contributed by atoms with Gasteiger partial charge in [-0.15, -0.1) is 0 Å². The molecule has 0 amide bonds. The van der Waals surface area contributed by atoms with E-state index < -0.39 is 5.56 Å². The first-order chi connectivity index (χ1) is 12.6. The summed E-state index contributed by atoms with van der Waals surface area (Å²) < 4.78 is 7.95. The van der Waals surface area contributed by atoms with Crippen LogP contribution in [0.5, 0.6) is 11.5 Å². The Hall–Kier alpha value is -3.09. The minimum Gasteiger partial charge on any atom is -0.449 e. The van der Waals surface area contributed by atoms with Crippen LogP contribution in [0.4, 0.5) is 5.69 Å². The van der Waals surface area contributed by atoms with Crippen LogP contribution < -0.4 is 15.2 Å². The average molecular weight is 413 g/mol. The van der Waals surface area contributed by atoms with Crippen molar-refractivity contribution in [1.82, 2.24) is 14.7 Å². The summed E-state index contributed by atoms with van der Waals surface area (Å²) in [6.07, 6.45) is 1.42. The van der Waals surface area contributed by atoms with Gasteiger partial charge in [-0.1, -0.05) is 33.6 Å². The number of rotatable bonds is 4. The summed E-state index contributed by atoms with van der Waals surface area (Å²) in [5.41, 5.74) is 1.48. The molecule has 0 fully saturated rings. The number of hydrogen-bond acceptors (Lipinski definition) is 5. The van der Waals surface area contributed by atoms with Crippen molar-refractivity contribution in [3.8, 4) is 17.2 Å². The van der Waals surface area contributed by atoms with Gasteiger partial charge in [-0.25, -0.2) is 0 Å². The summed E-state index contributed by atoms with van der Waals surface area (Å²) in [6, 6.07) is 14.6. The second-order valence-corrected chi connectivity index (χ2v) is 6.27. The van der Waals surface area contributed by atoms with Crippen molar-refractivity contribution in [2.24, 2.45) is 10.2 Å². The number of nitrogens with zero attached hydrogens (tertiary/aromatic N) is 5. The standard InChI is InChI=1S/C18H15BrN5O2/c1-12-3-7-14(8-4-12)24-18(25)17(16(11-21-24)22-23-20-2)26-15-9-5-13(19)6-10-15/h3-11H,1-2H3/q+1. The molecule has 130 valence electrons. The molecule has 0 aliphatic heterocycles. The molecule has 3 rings (SSSR count). The van der Waals surface area contributed by atoms with Crippen molar-refractivity contribution in [2.75, 3.05) is 7.05 Å². The van der Waals surface area contributed by atoms with Gasteiger partial charge in [-0.05, 0) is 43.3 Å². The van der Waals surface area contributed by atoms with Gasteiger partial charge in [0.25, 0.3) is 0 Å². The van der Waals surface area contributed by atoms with Gasteiger partial charge in [0.15, 0.2) is 5.11 Å². The highest BCUT2D eigenvalue weighted by atomic mass is 79.9. The van der Waals surface area contributed by atoms with Gasteiger partial charge < -0.3 is 4.74 Å². The van der Waals surface area contributed by atoms with Crippen molar-refractivity contribution in [2.45, 2.75) is 6.92 Å². The van der Waals surface area contributed by atoms with Crippen molar-refractivity contribution in [3.05, 3.63) is 75.1 Å². The lowest BCUT2D eigenvalue weighted by Gasteiger charge is -2.09. The topological polar surface area (TPSA) is 82.9 Å². The molecule has 7 nitrogen and oxygen atoms in total. The summed E-state index contributed by atoms with van der Waals surface area (Å²) >= 11 is 3.36. The molecule has 0 saturated heterocycles. The highest BCUT2D eigenvalue weighted by Crippen LogP contribution is 2.28. The molecule has 0 spiro atoms. The predicted octanol–water partition coefficient (Wildman–Crippen LogP) is 4.33. The minimum atomic E-state index is -0.440. The Labute approximate surface area is 157 Å². The van der Waals surface area contributed by atoms with Crippen LogP contribution in [0.15, 0.2) is 74.2 Å². The molecule has 1 aromatic heterocycles. The molecule has 0 aliphatic carbocycles. The lowest BCUT2D eigenvalue weighted by molar-refractivity contribution is 0.468. The van der Waals surface area contributed by atoms with Crippen LogP contribution >= 0.6 is 15.9 Å². The zero-order valence-corrected chi connectivity index (χ0v) is 15.7. The summed E-state index contributed by atoms with van der Waals surface area (Å²) in [5.74, 6) is 0.521. The van der Waals surface area contributed by atoms with Crippen LogP contribution in [0.3, 0.4) is 0 Å². The van der Waals surface area contributed by atoms with Gasteiger partial charge in [0.1, 0.15) is 17.9 Å². The van der Waals surface area contributed by atoms with E-state index in [-0.39, 0.29) is 11.4 Å². The zero-order valence-electron chi connectivity index (χ0n) is 14.1. The van der Waals surface area contributed by atoms with Crippen molar-refractivity contribution in [3.63, 3.8) is 0 Å². The molecule has 0 aliphatic rings. The second-order valence-electron chi connectivity index (χ2n) is 5.36. The van der Waals surface area contributed by atoms with E-state index in [1.807, 2.05) is 43.3 Å². The molecular weight excluding hydrogens is 398 g/mol. The lowest BCUT2D eigenvalue weighted by Crippen LogP contribution is -2.22. The van der Waals surface area contributed by atoms with Crippen LogP contribution in [0.1, 0.15) is 5.56 Å². The van der Waals surface area contributed by atoms with E-state index in [1.54, 1.807) is 12.1 Å². The van der Waals surface area contributed by atoms with E-state index >= 15 is 0 Å². The molecule has 26 heavy (non-hydrogen) atoms. The Morgan fingerprint density at radius 2 is 1.81 bits per heavy atom. The number of hydrogen-bond donors (Lipinski definition) is 0. The third-order valence-corrected chi connectivity index (χ3v) is 4.00. The Bertz CT molecular complexity index is 1040. The normalized spacial score (nSPS) is 10.1. The smallest absolute Gasteiger partial charge is 0.317 e. The Balaban J connectivity index is 2.12. The van der Waals surface area contributed by atoms with Crippen LogP contribution in [-0.2, 0) is 0 Å². The van der Waals surface area contributed by atoms with Gasteiger partial charge in [0.05, 0.1) is 11.9 Å². The minimum absolute atomic E-state index is 0.0234. The van der Waals surface area contributed by atoms with E-state index in [2.05, 4.69) is 36.2 Å². The highest BCUT2D eigenvalue weighted by Gasteiger charge is 2.18. The summed E-state index contributed by atoms with van der Waals surface area (Å²) in [7, 11) is 1.49. The molecule has 0 bridgehead atoms. The van der Waals surface area contributed by atoms with Gasteiger partial charge in [-0.3, -0.25) is 4.79 Å².